The molecule has 0 bridgehead atoms. The van der Waals surface area contributed by atoms with Crippen LogP contribution in [-0.2, 0) is 0 Å². The van der Waals surface area contributed by atoms with Gasteiger partial charge in [-0.3, -0.25) is 0 Å². The van der Waals surface area contributed by atoms with Gasteiger partial charge in [0, 0.05) is 4.91 Å². The van der Waals surface area contributed by atoms with Crippen molar-refractivity contribution in [2.75, 3.05) is 0 Å². The van der Waals surface area contributed by atoms with Crippen molar-refractivity contribution in [2.45, 2.75) is 59.3 Å². The predicted molar refractivity (Wildman–Crippen MR) is 78.8 cm³/mol. The van der Waals surface area contributed by atoms with Crippen LogP contribution in [0.3, 0.4) is 0 Å². The first-order valence-electron chi connectivity index (χ1n) is 7.00. The smallest absolute Gasteiger partial charge is 0.0612 e. The van der Waals surface area contributed by atoms with Crippen LogP contribution in [0, 0.1) is 5.25 Å². The first-order valence-corrected chi connectivity index (χ1v) is 7.82. The Hall–Kier alpha value is -0.430. The molecular formula is C16H23S. The minimum atomic E-state index is 1.24. The quantitative estimate of drug-likeness (QED) is 0.573. The highest BCUT2D eigenvalue weighted by atomic mass is 32.2. The standard InChI is InChI=1S/C16H23S/c1-4-7-12-10-11-15-16(12)13(8-5-2)14(17-15)9-6-3/h10-11H,4-9H2,1-3H3. The lowest BCUT2D eigenvalue weighted by Gasteiger charge is -2.13. The molecule has 1 aliphatic heterocycles. The van der Waals surface area contributed by atoms with Gasteiger partial charge in [-0.15, -0.1) is 11.8 Å². The molecule has 0 atom stereocenters. The maximum absolute atomic E-state index is 2.35. The summed E-state index contributed by atoms with van der Waals surface area (Å²) in [5, 5.41) is 1.65. The van der Waals surface area contributed by atoms with Crippen molar-refractivity contribution >= 4 is 11.8 Å². The van der Waals surface area contributed by atoms with Crippen LogP contribution < -0.4 is 0 Å². The highest BCUT2D eigenvalue weighted by Crippen LogP contribution is 2.55. The molecule has 1 radical (unpaired) electrons. The molecule has 2 aliphatic rings. The fourth-order valence-electron chi connectivity index (χ4n) is 2.68. The highest BCUT2D eigenvalue weighted by Gasteiger charge is 2.32. The van der Waals surface area contributed by atoms with Gasteiger partial charge in [-0.25, -0.2) is 0 Å². The summed E-state index contributed by atoms with van der Waals surface area (Å²) < 4.78 is 0. The van der Waals surface area contributed by atoms with Crippen LogP contribution >= 0.6 is 11.8 Å². The van der Waals surface area contributed by atoms with Gasteiger partial charge in [0.25, 0.3) is 0 Å². The minimum absolute atomic E-state index is 1.24. The molecule has 0 spiro atoms. The van der Waals surface area contributed by atoms with Crippen molar-refractivity contribution < 1.29 is 0 Å². The van der Waals surface area contributed by atoms with E-state index in [4.69, 9.17) is 0 Å². The van der Waals surface area contributed by atoms with Crippen LogP contribution in [0.2, 0.25) is 0 Å². The van der Waals surface area contributed by atoms with E-state index in [-0.39, 0.29) is 0 Å². The Bertz CT molecular complexity index is 371. The van der Waals surface area contributed by atoms with Gasteiger partial charge in [0.15, 0.2) is 0 Å². The van der Waals surface area contributed by atoms with Crippen LogP contribution in [0.25, 0.3) is 0 Å². The second-order valence-corrected chi connectivity index (χ2v) is 5.99. The van der Waals surface area contributed by atoms with E-state index in [2.05, 4.69) is 32.9 Å². The molecule has 1 heteroatoms. The Morgan fingerprint density at radius 1 is 0.882 bits per heavy atom. The third kappa shape index (κ3) is 2.54. The van der Waals surface area contributed by atoms with Gasteiger partial charge in [-0.1, -0.05) is 46.1 Å². The van der Waals surface area contributed by atoms with Crippen LogP contribution in [0.1, 0.15) is 59.3 Å². The first kappa shape index (κ1) is 13.0. The van der Waals surface area contributed by atoms with Crippen molar-refractivity contribution in [3.05, 3.63) is 39.0 Å². The second-order valence-electron chi connectivity index (χ2n) is 4.85. The topological polar surface area (TPSA) is 0 Å². The molecule has 0 aromatic heterocycles. The largest absolute Gasteiger partial charge is 0.112 e. The van der Waals surface area contributed by atoms with Crippen LogP contribution in [0.15, 0.2) is 33.8 Å². The predicted octanol–water partition coefficient (Wildman–Crippen LogP) is 5.79. The molecule has 2 rings (SSSR count). The molecule has 0 amide bonds. The normalized spacial score (nSPS) is 19.7. The molecule has 0 saturated carbocycles. The number of allylic oxidation sites excluding steroid dienone is 4. The number of rotatable bonds is 6. The van der Waals surface area contributed by atoms with Crippen molar-refractivity contribution in [1.82, 2.24) is 0 Å². The molecule has 0 aromatic carbocycles. The van der Waals surface area contributed by atoms with Crippen molar-refractivity contribution in [3.8, 4) is 0 Å². The van der Waals surface area contributed by atoms with Crippen molar-refractivity contribution in [3.63, 3.8) is 0 Å². The second kappa shape index (κ2) is 5.95. The molecule has 93 valence electrons. The summed E-state index contributed by atoms with van der Waals surface area (Å²) in [6, 6.07) is 0. The van der Waals surface area contributed by atoms with Gasteiger partial charge in [0.2, 0.25) is 0 Å². The maximum Gasteiger partial charge on any atom is 0.0612 e. The van der Waals surface area contributed by atoms with E-state index in [0.29, 0.717) is 0 Å². The third-order valence-electron chi connectivity index (χ3n) is 3.37. The van der Waals surface area contributed by atoms with Crippen LogP contribution in [-0.4, -0.2) is 0 Å². The highest BCUT2D eigenvalue weighted by molar-refractivity contribution is 8.06. The fraction of sp³-hybridized carbons (Fsp3) is 0.562. The fourth-order valence-corrected chi connectivity index (χ4v) is 4.07. The molecule has 0 N–H and O–H groups in total. The summed E-state index contributed by atoms with van der Waals surface area (Å²) in [7, 11) is 0. The Balaban J connectivity index is 2.25. The number of thioether (sulfide) groups is 1. The zero-order valence-corrected chi connectivity index (χ0v) is 12.1. The van der Waals surface area contributed by atoms with E-state index in [1.807, 2.05) is 11.8 Å². The lowest BCUT2D eigenvalue weighted by atomic mass is 9.93. The van der Waals surface area contributed by atoms with Crippen molar-refractivity contribution in [2.24, 2.45) is 0 Å². The van der Waals surface area contributed by atoms with Crippen LogP contribution in [0.4, 0.5) is 0 Å². The van der Waals surface area contributed by atoms with E-state index >= 15 is 0 Å². The minimum Gasteiger partial charge on any atom is -0.112 e. The monoisotopic (exact) mass is 247 g/mol. The zero-order valence-electron chi connectivity index (χ0n) is 11.3. The molecular weight excluding hydrogens is 224 g/mol. The summed E-state index contributed by atoms with van der Waals surface area (Å²) >= 11 is 2.04. The molecule has 17 heavy (non-hydrogen) atoms. The van der Waals surface area contributed by atoms with Gasteiger partial charge >= 0.3 is 0 Å². The Kier molecular flexibility index (Phi) is 4.55. The lowest BCUT2D eigenvalue weighted by molar-refractivity contribution is 0.826. The summed E-state index contributed by atoms with van der Waals surface area (Å²) in [5.74, 6) is 0. The van der Waals surface area contributed by atoms with E-state index < -0.39 is 0 Å². The number of fused-ring (bicyclic) bond motifs is 1. The molecule has 0 fully saturated rings. The summed E-state index contributed by atoms with van der Waals surface area (Å²) in [5.41, 5.74) is 4.87. The Morgan fingerprint density at radius 2 is 1.59 bits per heavy atom. The Morgan fingerprint density at radius 3 is 2.24 bits per heavy atom. The van der Waals surface area contributed by atoms with Gasteiger partial charge in [0.1, 0.15) is 0 Å². The third-order valence-corrected chi connectivity index (χ3v) is 4.63. The molecule has 1 aliphatic carbocycles. The molecule has 0 saturated heterocycles. The van der Waals surface area contributed by atoms with Gasteiger partial charge in [0.05, 0.1) is 5.25 Å². The maximum atomic E-state index is 2.35. The average molecular weight is 247 g/mol. The van der Waals surface area contributed by atoms with E-state index in [1.165, 1.54) is 43.4 Å². The number of hydrogen-bond acceptors (Lipinski definition) is 1. The van der Waals surface area contributed by atoms with Crippen LogP contribution in [0.5, 0.6) is 0 Å². The number of hydrogen-bond donors (Lipinski definition) is 0. The molecule has 0 unspecified atom stereocenters. The Labute approximate surface area is 110 Å². The zero-order chi connectivity index (χ0) is 12.3. The average Bonchev–Trinajstić information content (AvgIpc) is 2.83. The molecule has 0 aromatic rings. The lowest BCUT2D eigenvalue weighted by Crippen LogP contribution is -1.96. The molecule has 1 heterocycles. The summed E-state index contributed by atoms with van der Waals surface area (Å²) in [6.45, 7) is 6.85. The first-order chi connectivity index (χ1) is 8.31. The molecule has 0 nitrogen and oxygen atoms in total. The summed E-state index contributed by atoms with van der Waals surface area (Å²) in [4.78, 5) is 1.53. The van der Waals surface area contributed by atoms with E-state index in [9.17, 15) is 0 Å². The van der Waals surface area contributed by atoms with E-state index in [0.717, 1.165) is 0 Å². The summed E-state index contributed by atoms with van der Waals surface area (Å²) in [6.07, 6.45) is 12.2. The van der Waals surface area contributed by atoms with E-state index in [1.54, 1.807) is 22.0 Å². The van der Waals surface area contributed by atoms with Gasteiger partial charge in [-0.2, -0.15) is 0 Å². The van der Waals surface area contributed by atoms with Gasteiger partial charge < -0.3 is 0 Å². The SMILES string of the molecule is CCC[C]1SC2=CC=C(CCC)C2=C1CCC. The van der Waals surface area contributed by atoms with Crippen molar-refractivity contribution in [1.29, 1.82) is 0 Å². The van der Waals surface area contributed by atoms with Gasteiger partial charge in [-0.05, 0) is 42.1 Å².